The summed E-state index contributed by atoms with van der Waals surface area (Å²) in [5.74, 6) is -1.17. The van der Waals surface area contributed by atoms with Crippen LogP contribution in [0.4, 0.5) is 0 Å². The summed E-state index contributed by atoms with van der Waals surface area (Å²) in [7, 11) is 0. The molecule has 1 fully saturated rings. The molecule has 4 nitrogen and oxygen atoms in total. The van der Waals surface area contributed by atoms with Crippen LogP contribution in [-0.2, 0) is 9.47 Å². The zero-order chi connectivity index (χ0) is 27.7. The number of ether oxygens (including phenoxy) is 2. The van der Waals surface area contributed by atoms with Crippen LogP contribution >= 0.6 is 45.2 Å². The molecule has 200 valence electrons. The topological polar surface area (TPSA) is 52.6 Å². The van der Waals surface area contributed by atoms with Crippen molar-refractivity contribution in [2.45, 2.75) is 38.9 Å². The fourth-order valence-electron chi connectivity index (χ4n) is 6.10. The first-order valence-corrected chi connectivity index (χ1v) is 15.2. The van der Waals surface area contributed by atoms with Crippen LogP contribution in [0, 0.1) is 27.7 Å². The molecular weight excluding hydrogens is 714 g/mol. The number of rotatable bonds is 5. The number of halogens is 2. The number of fused-ring (bicyclic) bond motifs is 1. The first-order valence-electron chi connectivity index (χ1n) is 13.0. The normalized spacial score (nSPS) is 27.7. The van der Waals surface area contributed by atoms with Crippen LogP contribution in [0.2, 0.25) is 0 Å². The highest BCUT2D eigenvalue weighted by Gasteiger charge is 2.59. The van der Waals surface area contributed by atoms with Crippen molar-refractivity contribution in [3.8, 4) is 0 Å². The van der Waals surface area contributed by atoms with Crippen molar-refractivity contribution >= 4 is 57.1 Å². The molecule has 3 aromatic carbocycles. The number of benzene rings is 3. The molecule has 3 aromatic rings. The minimum Gasteiger partial charge on any atom is -0.454 e. The number of carbonyl (C=O) groups excluding carboxylic acids is 2. The third-order valence-corrected chi connectivity index (χ3v) is 10.8. The molecule has 0 aliphatic heterocycles. The van der Waals surface area contributed by atoms with Gasteiger partial charge in [-0.15, -0.1) is 0 Å². The van der Waals surface area contributed by atoms with Gasteiger partial charge in [0.15, 0.2) is 0 Å². The highest BCUT2D eigenvalue weighted by Crippen LogP contribution is 2.60. The van der Waals surface area contributed by atoms with E-state index in [9.17, 15) is 9.59 Å². The van der Waals surface area contributed by atoms with E-state index >= 15 is 0 Å². The number of hydrogen-bond donors (Lipinski definition) is 0. The summed E-state index contributed by atoms with van der Waals surface area (Å²) in [6, 6.07) is 24.3. The Kier molecular flexibility index (Phi) is 8.33. The fourth-order valence-corrected chi connectivity index (χ4v) is 8.15. The number of aryl methyl sites for hydroxylation is 1. The van der Waals surface area contributed by atoms with E-state index in [0.717, 1.165) is 14.7 Å². The van der Waals surface area contributed by atoms with E-state index in [4.69, 9.17) is 9.47 Å². The lowest BCUT2D eigenvalue weighted by Gasteiger charge is -2.56. The molecule has 6 unspecified atom stereocenters. The van der Waals surface area contributed by atoms with Crippen LogP contribution in [0.1, 0.15) is 51.6 Å². The standard InChI is InChI=1S/C33H30I2O4/c1-20-12-10-18-25(34)27(20)28-24-17-11-19-26(35)33(24,3)21(2)29(38-31(36)22-13-6-4-7-14-22)30(28)39-32(37)23-15-8-5-9-16-23/h4-19,21,24,28-30H,1-3H3. The van der Waals surface area contributed by atoms with Crippen molar-refractivity contribution in [3.63, 3.8) is 0 Å². The van der Waals surface area contributed by atoms with Crippen LogP contribution in [0.5, 0.6) is 0 Å². The summed E-state index contributed by atoms with van der Waals surface area (Å²) in [6.45, 7) is 6.46. The lowest BCUT2D eigenvalue weighted by atomic mass is 9.53. The molecule has 0 aromatic heterocycles. The van der Waals surface area contributed by atoms with Crippen molar-refractivity contribution in [2.24, 2.45) is 17.3 Å². The summed E-state index contributed by atoms with van der Waals surface area (Å²) >= 11 is 4.80. The summed E-state index contributed by atoms with van der Waals surface area (Å²) in [5.41, 5.74) is 2.86. The molecule has 0 bridgehead atoms. The molecular formula is C33H30I2O4. The third kappa shape index (κ3) is 5.22. The first-order chi connectivity index (χ1) is 18.7. The minimum absolute atomic E-state index is 0.0271. The molecule has 0 radical (unpaired) electrons. The van der Waals surface area contributed by atoms with Crippen molar-refractivity contribution in [3.05, 3.63) is 126 Å². The van der Waals surface area contributed by atoms with Gasteiger partial charge in [0.1, 0.15) is 12.2 Å². The first kappa shape index (κ1) is 28.1. The number of esters is 2. The van der Waals surface area contributed by atoms with Gasteiger partial charge in [0.2, 0.25) is 0 Å². The van der Waals surface area contributed by atoms with Crippen LogP contribution in [0.25, 0.3) is 0 Å². The van der Waals surface area contributed by atoms with Crippen molar-refractivity contribution in [2.75, 3.05) is 0 Å². The molecule has 6 heteroatoms. The molecule has 1 saturated carbocycles. The Bertz CT molecular complexity index is 1410. The number of allylic oxidation sites excluding steroid dienone is 4. The van der Waals surface area contributed by atoms with E-state index in [1.54, 1.807) is 24.3 Å². The summed E-state index contributed by atoms with van der Waals surface area (Å²) in [4.78, 5) is 27.1. The molecule has 39 heavy (non-hydrogen) atoms. The van der Waals surface area contributed by atoms with Gasteiger partial charge in [-0.3, -0.25) is 0 Å². The predicted octanol–water partition coefficient (Wildman–Crippen LogP) is 8.30. The molecule has 6 atom stereocenters. The fraction of sp³-hybridized carbons (Fsp3) is 0.273. The van der Waals surface area contributed by atoms with Gasteiger partial charge in [-0.2, -0.15) is 0 Å². The highest BCUT2D eigenvalue weighted by molar-refractivity contribution is 14.1. The van der Waals surface area contributed by atoms with Gasteiger partial charge in [0, 0.05) is 20.8 Å². The maximum absolute atomic E-state index is 13.6. The predicted molar refractivity (Wildman–Crippen MR) is 170 cm³/mol. The van der Waals surface area contributed by atoms with Gasteiger partial charge in [0.05, 0.1) is 11.1 Å². The second-order valence-corrected chi connectivity index (χ2v) is 12.8. The van der Waals surface area contributed by atoms with Gasteiger partial charge in [-0.25, -0.2) is 9.59 Å². The molecule has 0 N–H and O–H groups in total. The van der Waals surface area contributed by atoms with Gasteiger partial charge >= 0.3 is 11.9 Å². The zero-order valence-corrected chi connectivity index (χ0v) is 26.3. The van der Waals surface area contributed by atoms with Crippen LogP contribution < -0.4 is 0 Å². The van der Waals surface area contributed by atoms with E-state index in [1.165, 1.54) is 3.58 Å². The Labute approximate surface area is 257 Å². The second-order valence-electron chi connectivity index (χ2n) is 10.5. The molecule has 2 aliphatic carbocycles. The van der Waals surface area contributed by atoms with E-state index in [0.29, 0.717) is 11.1 Å². The van der Waals surface area contributed by atoms with Crippen LogP contribution in [0.3, 0.4) is 0 Å². The van der Waals surface area contributed by atoms with Gasteiger partial charge in [-0.05, 0) is 103 Å². The van der Waals surface area contributed by atoms with Gasteiger partial charge in [0.25, 0.3) is 0 Å². The largest absolute Gasteiger partial charge is 0.454 e. The molecule has 0 saturated heterocycles. The van der Waals surface area contributed by atoms with Crippen LogP contribution in [0.15, 0.2) is 101 Å². The smallest absolute Gasteiger partial charge is 0.338 e. The van der Waals surface area contributed by atoms with E-state index in [-0.39, 0.29) is 23.2 Å². The average Bonchev–Trinajstić information content (AvgIpc) is 2.94. The Morgan fingerprint density at radius 3 is 1.92 bits per heavy atom. The monoisotopic (exact) mass is 744 g/mol. The average molecular weight is 744 g/mol. The van der Waals surface area contributed by atoms with Crippen LogP contribution in [-0.4, -0.2) is 24.1 Å². The maximum Gasteiger partial charge on any atom is 0.338 e. The van der Waals surface area contributed by atoms with Crippen molar-refractivity contribution in [1.82, 2.24) is 0 Å². The lowest BCUT2D eigenvalue weighted by molar-refractivity contribution is -0.122. The lowest BCUT2D eigenvalue weighted by Crippen LogP contribution is -2.58. The molecule has 0 spiro atoms. The van der Waals surface area contributed by atoms with E-state index in [2.05, 4.69) is 96.3 Å². The third-order valence-electron chi connectivity index (χ3n) is 8.38. The van der Waals surface area contributed by atoms with Gasteiger partial charge in [-0.1, -0.05) is 80.6 Å². The minimum atomic E-state index is -0.694. The summed E-state index contributed by atoms with van der Waals surface area (Å²) in [6.07, 6.45) is 5.12. The Morgan fingerprint density at radius 1 is 0.795 bits per heavy atom. The molecule has 2 aliphatic rings. The summed E-state index contributed by atoms with van der Waals surface area (Å²) in [5, 5.41) is 0. The Balaban J connectivity index is 1.67. The Morgan fingerprint density at radius 2 is 1.36 bits per heavy atom. The van der Waals surface area contributed by atoms with Crippen molar-refractivity contribution < 1.29 is 19.1 Å². The zero-order valence-electron chi connectivity index (χ0n) is 22.0. The van der Waals surface area contributed by atoms with E-state index in [1.807, 2.05) is 42.5 Å². The highest BCUT2D eigenvalue weighted by atomic mass is 127. The quantitative estimate of drug-likeness (QED) is 0.195. The molecule has 5 rings (SSSR count). The Hall–Kier alpha value is -2.46. The van der Waals surface area contributed by atoms with E-state index < -0.39 is 24.1 Å². The summed E-state index contributed by atoms with van der Waals surface area (Å²) < 4.78 is 15.1. The molecule has 0 heterocycles. The number of hydrogen-bond acceptors (Lipinski definition) is 4. The SMILES string of the molecule is Cc1cccc(I)c1C1C(OC(=O)c2ccccc2)C(OC(=O)c2ccccc2)C(C)C2(C)C(I)=CC=CC12. The van der Waals surface area contributed by atoms with Crippen molar-refractivity contribution in [1.29, 1.82) is 0 Å². The maximum atomic E-state index is 13.6. The second kappa shape index (κ2) is 11.6. The molecule has 0 amide bonds. The number of carbonyl (C=O) groups is 2. The van der Waals surface area contributed by atoms with Gasteiger partial charge < -0.3 is 9.47 Å².